The first-order chi connectivity index (χ1) is 3.18. The highest BCUT2D eigenvalue weighted by Gasteiger charge is 1.74. The molecule has 0 heterocycles. The minimum Gasteiger partial charge on any atom is -0.569 e. The Morgan fingerprint density at radius 1 is 1.86 bits per heavy atom. The van der Waals surface area contributed by atoms with Gasteiger partial charge in [-0.1, -0.05) is 0 Å². The van der Waals surface area contributed by atoms with Crippen LogP contribution in [0.4, 0.5) is 0 Å². The molecule has 7 heavy (non-hydrogen) atoms. The molecule has 0 aromatic heterocycles. The maximum absolute atomic E-state index is 8.03. The molecule has 6 nitrogen and oxygen atoms in total. The number of nitrogens with two attached hydrogens (primary N) is 1. The molecule has 4 N–H and O–H groups in total. The maximum Gasteiger partial charge on any atom is -0.149 e. The summed E-state index contributed by atoms with van der Waals surface area (Å²) in [5.41, 5.74) is 3.19. The minimum atomic E-state index is -0.0833. The lowest BCUT2D eigenvalue weighted by molar-refractivity contribution is -0.190. The van der Waals surface area contributed by atoms with Crippen molar-refractivity contribution in [3.05, 3.63) is 11.3 Å². The lowest BCUT2D eigenvalue weighted by Crippen LogP contribution is -2.36. The van der Waals surface area contributed by atoms with Crippen molar-refractivity contribution in [1.82, 2.24) is 10.5 Å². The van der Waals surface area contributed by atoms with E-state index in [1.807, 2.05) is 0 Å². The molecule has 0 rings (SSSR count). The van der Waals surface area contributed by atoms with Crippen LogP contribution in [0.1, 0.15) is 0 Å². The molecule has 0 atom stereocenters. The molecular formula is CH7N5O-2. The molecule has 0 spiro atoms. The van der Waals surface area contributed by atoms with Gasteiger partial charge in [0, 0.05) is 0 Å². The van der Waals surface area contributed by atoms with E-state index in [9.17, 15) is 0 Å². The molecule has 0 aliphatic heterocycles. The van der Waals surface area contributed by atoms with Crippen molar-refractivity contribution in [2.24, 2.45) is 5.84 Å². The van der Waals surface area contributed by atoms with Gasteiger partial charge in [0.2, 0.25) is 0 Å². The van der Waals surface area contributed by atoms with Gasteiger partial charge in [0.25, 0.3) is 0 Å². The molecule has 0 aliphatic carbocycles. The summed E-state index contributed by atoms with van der Waals surface area (Å²) in [6.45, 7) is 0. The average molecular weight is 105 g/mol. The highest BCUT2D eigenvalue weighted by atomic mass is 16.6. The second-order valence-electron chi connectivity index (χ2n) is 0.810. The largest absolute Gasteiger partial charge is 0.569 e. The Bertz CT molecular complexity index is 45.3. The Hall–Kier alpha value is -0.240. The standard InChI is InChI=1S/CH7N5O/c1-4-5(2)6(3)7/h3,7H,2H2,1H3/q-2. The van der Waals surface area contributed by atoms with Crippen LogP contribution in [0.15, 0.2) is 0 Å². The third kappa shape index (κ3) is 2.45. The molecule has 0 saturated heterocycles. The van der Waals surface area contributed by atoms with E-state index < -0.39 is 0 Å². The van der Waals surface area contributed by atoms with Crippen LogP contribution < -0.4 is 5.84 Å². The molecule has 0 bridgehead atoms. The Labute approximate surface area is 41.1 Å². The number of hydrogen-bond acceptors (Lipinski definition) is 4. The molecule has 0 unspecified atom stereocenters. The van der Waals surface area contributed by atoms with Crippen LogP contribution in [-0.2, 0) is 0 Å². The van der Waals surface area contributed by atoms with Gasteiger partial charge in [0.15, 0.2) is 0 Å². The fourth-order valence-electron chi connectivity index (χ4n) is 0.0847. The summed E-state index contributed by atoms with van der Waals surface area (Å²) in [5, 5.41) is 8.42. The van der Waals surface area contributed by atoms with Gasteiger partial charge in [0.05, 0.1) is 0 Å². The van der Waals surface area contributed by atoms with E-state index in [1.165, 1.54) is 7.05 Å². The van der Waals surface area contributed by atoms with Gasteiger partial charge in [-0.3, -0.25) is 11.1 Å². The molecule has 0 amide bonds. The van der Waals surface area contributed by atoms with Gasteiger partial charge in [-0.2, -0.15) is 0 Å². The summed E-state index contributed by atoms with van der Waals surface area (Å²) in [5.74, 6) is 11.1. The monoisotopic (exact) mass is 105 g/mol. The molecule has 0 fully saturated rings. The van der Waals surface area contributed by atoms with Gasteiger partial charge >= 0.3 is 0 Å². The quantitative estimate of drug-likeness (QED) is 0.371. The molecule has 0 aromatic carbocycles. The fourth-order valence-corrected chi connectivity index (χ4v) is 0.0847. The minimum absolute atomic E-state index is 0.0833. The molecule has 0 saturated carbocycles. The maximum atomic E-state index is 8.03. The Kier molecular flexibility index (Phi) is 2.76. The van der Waals surface area contributed by atoms with Gasteiger partial charge < -0.3 is 16.5 Å². The smallest absolute Gasteiger partial charge is 0.149 e. The molecule has 0 aromatic rings. The van der Waals surface area contributed by atoms with Crippen molar-refractivity contribution >= 4 is 0 Å². The summed E-state index contributed by atoms with van der Waals surface area (Å²) < 4.78 is 0. The van der Waals surface area contributed by atoms with E-state index in [1.54, 1.807) is 0 Å². The predicted molar refractivity (Wildman–Crippen MR) is 23.3 cm³/mol. The first-order valence-corrected chi connectivity index (χ1v) is 1.53. The third-order valence-electron chi connectivity index (χ3n) is 0.399. The van der Waals surface area contributed by atoms with Crippen molar-refractivity contribution in [3.63, 3.8) is 0 Å². The van der Waals surface area contributed by atoms with E-state index in [2.05, 4.69) is 5.43 Å². The van der Waals surface area contributed by atoms with Crippen LogP contribution in [0.2, 0.25) is 0 Å². The van der Waals surface area contributed by atoms with E-state index in [0.717, 1.165) is 0 Å². The molecular weight excluding hydrogens is 98.0 g/mol. The van der Waals surface area contributed by atoms with Crippen LogP contribution in [-0.4, -0.2) is 22.8 Å². The van der Waals surface area contributed by atoms with Crippen LogP contribution in [0.5, 0.6) is 0 Å². The Morgan fingerprint density at radius 2 is 2.29 bits per heavy atom. The van der Waals surface area contributed by atoms with Gasteiger partial charge in [-0.05, 0) is 0 Å². The number of nitrogens with one attached hydrogen (secondary N) is 1. The van der Waals surface area contributed by atoms with E-state index in [0.29, 0.717) is 5.23 Å². The van der Waals surface area contributed by atoms with Gasteiger partial charge in [0.1, 0.15) is 0 Å². The average Bonchev–Trinajstić information content (AvgIpc) is 1.65. The molecule has 0 aliphatic rings. The Balaban J connectivity index is 3.14. The van der Waals surface area contributed by atoms with Crippen LogP contribution in [0.3, 0.4) is 0 Å². The number of rotatable bonds is 2. The Morgan fingerprint density at radius 3 is 2.29 bits per heavy atom. The second-order valence-corrected chi connectivity index (χ2v) is 0.810. The van der Waals surface area contributed by atoms with Gasteiger partial charge in [-0.25, -0.2) is 5.28 Å². The van der Waals surface area contributed by atoms with E-state index in [-0.39, 0.29) is 5.28 Å². The van der Waals surface area contributed by atoms with E-state index in [4.69, 9.17) is 16.9 Å². The zero-order chi connectivity index (χ0) is 5.86. The number of nitrogens with zero attached hydrogens (tertiary/aromatic N) is 3. The zero-order valence-corrected chi connectivity index (χ0v) is 3.87. The highest BCUT2D eigenvalue weighted by molar-refractivity contribution is 4.54. The van der Waals surface area contributed by atoms with Crippen LogP contribution >= 0.6 is 0 Å². The summed E-state index contributed by atoms with van der Waals surface area (Å²) in [6, 6.07) is 0. The molecule has 44 valence electrons. The van der Waals surface area contributed by atoms with E-state index >= 15 is 0 Å². The summed E-state index contributed by atoms with van der Waals surface area (Å²) in [7, 11) is 1.34. The molecule has 0 radical (unpaired) electrons. The van der Waals surface area contributed by atoms with Crippen molar-refractivity contribution in [3.8, 4) is 0 Å². The number of hydrogen-bond donors (Lipinski definition) is 2. The van der Waals surface area contributed by atoms with Crippen LogP contribution in [0.25, 0.3) is 11.3 Å². The predicted octanol–water partition coefficient (Wildman–Crippen LogP) is -0.346. The van der Waals surface area contributed by atoms with Gasteiger partial charge in [-0.15, -0.1) is 7.05 Å². The normalized spacial score (nSPS) is 11.1. The first kappa shape index (κ1) is 6.76. The zero-order valence-electron chi connectivity index (χ0n) is 3.87. The van der Waals surface area contributed by atoms with Crippen LogP contribution in [0, 0.1) is 0 Å². The fraction of sp³-hybridized carbons (Fsp3) is 1.00. The lowest BCUT2D eigenvalue weighted by atomic mass is 11.5. The second kappa shape index (κ2) is 2.86. The summed E-state index contributed by atoms with van der Waals surface area (Å²) in [6.07, 6.45) is 0. The third-order valence-corrected chi connectivity index (χ3v) is 0.399. The van der Waals surface area contributed by atoms with Crippen molar-refractivity contribution < 1.29 is 5.21 Å². The number of hydrazine groups is 2. The van der Waals surface area contributed by atoms with Crippen molar-refractivity contribution in [2.75, 3.05) is 7.05 Å². The topological polar surface area (TPSA) is 90.6 Å². The van der Waals surface area contributed by atoms with Crippen molar-refractivity contribution in [1.29, 1.82) is 0 Å². The first-order valence-electron chi connectivity index (χ1n) is 1.53. The highest BCUT2D eigenvalue weighted by Crippen LogP contribution is 1.87. The summed E-state index contributed by atoms with van der Waals surface area (Å²) >= 11 is 0. The van der Waals surface area contributed by atoms with Crippen molar-refractivity contribution in [2.45, 2.75) is 0 Å². The summed E-state index contributed by atoms with van der Waals surface area (Å²) in [4.78, 5) is 0. The molecule has 6 heteroatoms. The SMILES string of the molecule is C[N-]N(N)N([NH-])O. The lowest BCUT2D eigenvalue weighted by Gasteiger charge is -2.38.